The van der Waals surface area contributed by atoms with Gasteiger partial charge in [0.25, 0.3) is 5.91 Å². The number of nitrogens with one attached hydrogen (secondary N) is 1. The standard InChI is InChI=1S/C14H14INO2S/c1-18-13(10-6-7-19-9-10)8-16-14(17)11-4-2-3-5-12(11)15/h2-7,9,13H,8H2,1H3,(H,16,17). The minimum atomic E-state index is -0.100. The van der Waals surface area contributed by atoms with E-state index in [2.05, 4.69) is 27.9 Å². The summed E-state index contributed by atoms with van der Waals surface area (Å²) in [6.07, 6.45) is -0.100. The Hall–Kier alpha value is -0.920. The number of benzene rings is 1. The smallest absolute Gasteiger partial charge is 0.252 e. The molecule has 0 aliphatic carbocycles. The number of amides is 1. The van der Waals surface area contributed by atoms with E-state index in [1.807, 2.05) is 41.1 Å². The number of hydrogen-bond donors (Lipinski definition) is 1. The van der Waals surface area contributed by atoms with Crippen molar-refractivity contribution in [2.45, 2.75) is 6.10 Å². The van der Waals surface area contributed by atoms with E-state index >= 15 is 0 Å². The van der Waals surface area contributed by atoms with E-state index in [4.69, 9.17) is 4.74 Å². The van der Waals surface area contributed by atoms with Gasteiger partial charge in [0.05, 0.1) is 5.56 Å². The van der Waals surface area contributed by atoms with Crippen molar-refractivity contribution in [3.8, 4) is 0 Å². The zero-order chi connectivity index (χ0) is 13.7. The summed E-state index contributed by atoms with van der Waals surface area (Å²) in [7, 11) is 1.65. The highest BCUT2D eigenvalue weighted by molar-refractivity contribution is 14.1. The first-order chi connectivity index (χ1) is 9.22. The molecule has 0 saturated carbocycles. The van der Waals surface area contributed by atoms with Crippen LogP contribution in [0.25, 0.3) is 0 Å². The van der Waals surface area contributed by atoms with E-state index in [1.165, 1.54) is 0 Å². The maximum absolute atomic E-state index is 12.1. The van der Waals surface area contributed by atoms with Crippen molar-refractivity contribution < 1.29 is 9.53 Å². The molecule has 0 aliphatic heterocycles. The molecule has 2 aromatic rings. The zero-order valence-electron chi connectivity index (χ0n) is 10.4. The third kappa shape index (κ3) is 3.77. The lowest BCUT2D eigenvalue weighted by Gasteiger charge is -2.15. The Bertz CT molecular complexity index is 542. The monoisotopic (exact) mass is 387 g/mol. The first kappa shape index (κ1) is 14.5. The first-order valence-corrected chi connectivity index (χ1v) is 7.82. The number of ether oxygens (including phenoxy) is 1. The lowest BCUT2D eigenvalue weighted by molar-refractivity contribution is 0.0828. The molecule has 1 aromatic heterocycles. The van der Waals surface area contributed by atoms with Gasteiger partial charge in [0.2, 0.25) is 0 Å². The molecule has 5 heteroatoms. The molecule has 1 atom stereocenters. The quantitative estimate of drug-likeness (QED) is 0.798. The number of thiophene rings is 1. The molecule has 0 fully saturated rings. The summed E-state index contributed by atoms with van der Waals surface area (Å²) in [6, 6.07) is 9.54. The van der Waals surface area contributed by atoms with Gasteiger partial charge in [-0.25, -0.2) is 0 Å². The highest BCUT2D eigenvalue weighted by Crippen LogP contribution is 2.19. The Morgan fingerprint density at radius 1 is 1.42 bits per heavy atom. The van der Waals surface area contributed by atoms with Gasteiger partial charge in [-0.1, -0.05) is 12.1 Å². The molecule has 1 aromatic carbocycles. The van der Waals surface area contributed by atoms with Crippen molar-refractivity contribution in [1.82, 2.24) is 5.32 Å². The van der Waals surface area contributed by atoms with Crippen LogP contribution >= 0.6 is 33.9 Å². The van der Waals surface area contributed by atoms with Crippen LogP contribution < -0.4 is 5.32 Å². The van der Waals surface area contributed by atoms with Crippen molar-refractivity contribution in [1.29, 1.82) is 0 Å². The SMILES string of the molecule is COC(CNC(=O)c1ccccc1I)c1ccsc1. The van der Waals surface area contributed by atoms with Crippen LogP contribution in [0.2, 0.25) is 0 Å². The normalized spacial score (nSPS) is 12.1. The molecule has 100 valence electrons. The number of carbonyl (C=O) groups excluding carboxylic acids is 1. The van der Waals surface area contributed by atoms with E-state index in [1.54, 1.807) is 18.4 Å². The summed E-state index contributed by atoms with van der Waals surface area (Å²) in [6.45, 7) is 0.469. The summed E-state index contributed by atoms with van der Waals surface area (Å²) >= 11 is 3.78. The molecule has 0 saturated heterocycles. The van der Waals surface area contributed by atoms with Gasteiger partial charge < -0.3 is 10.1 Å². The molecule has 0 bridgehead atoms. The number of carbonyl (C=O) groups is 1. The molecular formula is C14H14INO2S. The highest BCUT2D eigenvalue weighted by atomic mass is 127. The van der Waals surface area contributed by atoms with Crippen molar-refractivity contribution in [2.24, 2.45) is 0 Å². The van der Waals surface area contributed by atoms with Crippen molar-refractivity contribution in [3.63, 3.8) is 0 Å². The van der Waals surface area contributed by atoms with Crippen LogP contribution in [0.1, 0.15) is 22.0 Å². The molecule has 1 N–H and O–H groups in total. The van der Waals surface area contributed by atoms with Crippen LogP contribution in [0, 0.1) is 3.57 Å². The highest BCUT2D eigenvalue weighted by Gasteiger charge is 2.14. The van der Waals surface area contributed by atoms with E-state index in [0.717, 1.165) is 9.13 Å². The van der Waals surface area contributed by atoms with Crippen molar-refractivity contribution >= 4 is 39.8 Å². The molecule has 0 radical (unpaired) electrons. The lowest BCUT2D eigenvalue weighted by atomic mass is 10.2. The molecule has 0 spiro atoms. The molecule has 0 aliphatic rings. The first-order valence-electron chi connectivity index (χ1n) is 5.80. The van der Waals surface area contributed by atoms with E-state index < -0.39 is 0 Å². The third-order valence-electron chi connectivity index (χ3n) is 2.77. The van der Waals surface area contributed by atoms with Crippen LogP contribution in [-0.4, -0.2) is 19.6 Å². The van der Waals surface area contributed by atoms with Gasteiger partial charge in [0.1, 0.15) is 6.10 Å². The second-order valence-electron chi connectivity index (χ2n) is 3.97. The van der Waals surface area contributed by atoms with E-state index in [9.17, 15) is 4.79 Å². The largest absolute Gasteiger partial charge is 0.375 e. The average molecular weight is 387 g/mol. The van der Waals surface area contributed by atoms with Crippen LogP contribution in [0.3, 0.4) is 0 Å². The zero-order valence-corrected chi connectivity index (χ0v) is 13.4. The minimum Gasteiger partial charge on any atom is -0.375 e. The fraction of sp³-hybridized carbons (Fsp3) is 0.214. The number of methoxy groups -OCH3 is 1. The molecule has 1 unspecified atom stereocenters. The summed E-state index contributed by atoms with van der Waals surface area (Å²) in [4.78, 5) is 12.1. The summed E-state index contributed by atoms with van der Waals surface area (Å²) in [5, 5.41) is 6.95. The predicted octanol–water partition coefficient (Wildman–Crippen LogP) is 3.47. The molecule has 1 amide bonds. The second-order valence-corrected chi connectivity index (χ2v) is 5.91. The van der Waals surface area contributed by atoms with Gasteiger partial charge >= 0.3 is 0 Å². The van der Waals surface area contributed by atoms with Crippen LogP contribution in [0.5, 0.6) is 0 Å². The number of rotatable bonds is 5. The van der Waals surface area contributed by atoms with Crippen LogP contribution in [0.15, 0.2) is 41.1 Å². The van der Waals surface area contributed by atoms with Crippen LogP contribution in [-0.2, 0) is 4.74 Å². The summed E-state index contributed by atoms with van der Waals surface area (Å²) in [5.74, 6) is -0.0673. The summed E-state index contributed by atoms with van der Waals surface area (Å²) < 4.78 is 6.35. The Morgan fingerprint density at radius 2 is 2.21 bits per heavy atom. The maximum Gasteiger partial charge on any atom is 0.252 e. The van der Waals surface area contributed by atoms with Gasteiger partial charge in [-0.2, -0.15) is 11.3 Å². The second kappa shape index (κ2) is 7.02. The average Bonchev–Trinajstić information content (AvgIpc) is 2.94. The molecule has 2 rings (SSSR count). The van der Waals surface area contributed by atoms with E-state index in [-0.39, 0.29) is 12.0 Å². The van der Waals surface area contributed by atoms with Gasteiger partial charge in [-0.3, -0.25) is 4.79 Å². The Balaban J connectivity index is 1.98. The molecular weight excluding hydrogens is 373 g/mol. The lowest BCUT2D eigenvalue weighted by Crippen LogP contribution is -2.29. The number of halogens is 1. The predicted molar refractivity (Wildman–Crippen MR) is 85.6 cm³/mol. The third-order valence-corrected chi connectivity index (χ3v) is 4.41. The topological polar surface area (TPSA) is 38.3 Å². The number of hydrogen-bond acceptors (Lipinski definition) is 3. The minimum absolute atomic E-state index is 0.0673. The van der Waals surface area contributed by atoms with Crippen molar-refractivity contribution in [2.75, 3.05) is 13.7 Å². The maximum atomic E-state index is 12.1. The fourth-order valence-electron chi connectivity index (χ4n) is 1.72. The Labute approximate surface area is 130 Å². The van der Waals surface area contributed by atoms with Gasteiger partial charge in [-0.05, 0) is 57.1 Å². The Morgan fingerprint density at radius 3 is 2.84 bits per heavy atom. The van der Waals surface area contributed by atoms with Crippen LogP contribution in [0.4, 0.5) is 0 Å². The molecule has 3 nitrogen and oxygen atoms in total. The van der Waals surface area contributed by atoms with Gasteiger partial charge in [0.15, 0.2) is 0 Å². The fourth-order valence-corrected chi connectivity index (χ4v) is 3.06. The molecule has 19 heavy (non-hydrogen) atoms. The van der Waals surface area contributed by atoms with Gasteiger partial charge in [-0.15, -0.1) is 0 Å². The van der Waals surface area contributed by atoms with E-state index in [0.29, 0.717) is 12.1 Å². The Kier molecular flexibility index (Phi) is 5.35. The summed E-state index contributed by atoms with van der Waals surface area (Å²) in [5.41, 5.74) is 1.79. The van der Waals surface area contributed by atoms with Gasteiger partial charge in [0, 0.05) is 17.2 Å². The molecule has 1 heterocycles. The van der Waals surface area contributed by atoms with Crippen molar-refractivity contribution in [3.05, 3.63) is 55.8 Å².